The summed E-state index contributed by atoms with van der Waals surface area (Å²) in [4.78, 5) is 0. The SMILES string of the molecule is C#Cc1cccc(CNc2cc(-c3nn[nH]n3)ccc2F)c1. The zero-order valence-corrected chi connectivity index (χ0v) is 11.5. The molecule has 0 aliphatic heterocycles. The number of aromatic amines is 1. The van der Waals surface area contributed by atoms with E-state index in [0.29, 0.717) is 23.6 Å². The van der Waals surface area contributed by atoms with E-state index in [4.69, 9.17) is 6.42 Å². The number of H-pyrrole nitrogens is 1. The lowest BCUT2D eigenvalue weighted by atomic mass is 10.1. The van der Waals surface area contributed by atoms with Crippen LogP contribution >= 0.6 is 0 Å². The van der Waals surface area contributed by atoms with Gasteiger partial charge in [-0.2, -0.15) is 5.21 Å². The minimum Gasteiger partial charge on any atom is -0.379 e. The van der Waals surface area contributed by atoms with Gasteiger partial charge in [-0.3, -0.25) is 0 Å². The Morgan fingerprint density at radius 3 is 2.91 bits per heavy atom. The number of terminal acetylenes is 1. The number of nitrogens with zero attached hydrogens (tertiary/aromatic N) is 3. The number of nitrogens with one attached hydrogen (secondary N) is 2. The highest BCUT2D eigenvalue weighted by Gasteiger charge is 2.08. The molecule has 0 aliphatic rings. The third-order valence-corrected chi connectivity index (χ3v) is 3.15. The van der Waals surface area contributed by atoms with Crippen molar-refractivity contribution in [1.29, 1.82) is 0 Å². The van der Waals surface area contributed by atoms with Gasteiger partial charge in [-0.25, -0.2) is 4.39 Å². The topological polar surface area (TPSA) is 66.5 Å². The van der Waals surface area contributed by atoms with Gasteiger partial charge in [0.2, 0.25) is 5.82 Å². The van der Waals surface area contributed by atoms with Gasteiger partial charge in [0.25, 0.3) is 0 Å². The molecule has 5 nitrogen and oxygen atoms in total. The van der Waals surface area contributed by atoms with Crippen molar-refractivity contribution < 1.29 is 4.39 Å². The van der Waals surface area contributed by atoms with Crippen molar-refractivity contribution >= 4 is 5.69 Å². The minimum atomic E-state index is -0.347. The number of anilines is 1. The maximum Gasteiger partial charge on any atom is 0.204 e. The fourth-order valence-electron chi connectivity index (χ4n) is 2.05. The van der Waals surface area contributed by atoms with E-state index in [1.807, 2.05) is 24.3 Å². The molecule has 1 heterocycles. The average molecular weight is 293 g/mol. The van der Waals surface area contributed by atoms with Gasteiger partial charge < -0.3 is 5.32 Å². The molecule has 0 radical (unpaired) electrons. The summed E-state index contributed by atoms with van der Waals surface area (Å²) in [6.45, 7) is 0.460. The summed E-state index contributed by atoms with van der Waals surface area (Å²) >= 11 is 0. The zero-order valence-electron chi connectivity index (χ0n) is 11.5. The van der Waals surface area contributed by atoms with Crippen molar-refractivity contribution in [1.82, 2.24) is 20.6 Å². The summed E-state index contributed by atoms with van der Waals surface area (Å²) in [6, 6.07) is 12.1. The number of rotatable bonds is 4. The van der Waals surface area contributed by atoms with Gasteiger partial charge in [0.1, 0.15) is 5.82 Å². The van der Waals surface area contributed by atoms with Crippen LogP contribution in [0.4, 0.5) is 10.1 Å². The number of aromatic nitrogens is 4. The van der Waals surface area contributed by atoms with Gasteiger partial charge in [0.05, 0.1) is 5.69 Å². The molecule has 22 heavy (non-hydrogen) atoms. The average Bonchev–Trinajstić information content (AvgIpc) is 3.09. The van der Waals surface area contributed by atoms with Crippen molar-refractivity contribution in [3.05, 3.63) is 59.4 Å². The summed E-state index contributed by atoms with van der Waals surface area (Å²) in [5, 5.41) is 16.7. The first kappa shape index (κ1) is 13.8. The van der Waals surface area contributed by atoms with Crippen molar-refractivity contribution in [3.63, 3.8) is 0 Å². The van der Waals surface area contributed by atoms with Crippen LogP contribution < -0.4 is 5.32 Å². The molecule has 2 N–H and O–H groups in total. The summed E-state index contributed by atoms with van der Waals surface area (Å²) in [5.74, 6) is 2.64. The Labute approximate surface area is 126 Å². The van der Waals surface area contributed by atoms with Crippen LogP contribution in [0.3, 0.4) is 0 Å². The summed E-state index contributed by atoms with van der Waals surface area (Å²) in [6.07, 6.45) is 5.37. The number of tetrazole rings is 1. The molecule has 108 valence electrons. The Bertz CT molecular complexity index is 821. The predicted molar refractivity (Wildman–Crippen MR) is 81.3 cm³/mol. The summed E-state index contributed by atoms with van der Waals surface area (Å²) in [7, 11) is 0. The first-order valence-corrected chi connectivity index (χ1v) is 6.59. The van der Waals surface area contributed by atoms with E-state index >= 15 is 0 Å². The molecule has 0 unspecified atom stereocenters. The highest BCUT2D eigenvalue weighted by Crippen LogP contribution is 2.22. The smallest absolute Gasteiger partial charge is 0.204 e. The van der Waals surface area contributed by atoms with Crippen LogP contribution in [0, 0.1) is 18.2 Å². The number of benzene rings is 2. The van der Waals surface area contributed by atoms with Crippen LogP contribution in [-0.2, 0) is 6.54 Å². The Morgan fingerprint density at radius 1 is 1.23 bits per heavy atom. The van der Waals surface area contributed by atoms with Crippen LogP contribution in [0.2, 0.25) is 0 Å². The zero-order chi connectivity index (χ0) is 15.4. The maximum absolute atomic E-state index is 13.9. The van der Waals surface area contributed by atoms with E-state index in [2.05, 4.69) is 31.9 Å². The molecule has 6 heteroatoms. The van der Waals surface area contributed by atoms with Crippen molar-refractivity contribution in [2.45, 2.75) is 6.54 Å². The molecule has 3 rings (SSSR count). The molecule has 0 saturated carbocycles. The van der Waals surface area contributed by atoms with Crippen LogP contribution in [0.25, 0.3) is 11.4 Å². The predicted octanol–water partition coefficient (Wildman–Crippen LogP) is 2.60. The highest BCUT2D eigenvalue weighted by atomic mass is 19.1. The number of hydrogen-bond acceptors (Lipinski definition) is 4. The number of halogens is 1. The molecule has 0 atom stereocenters. The monoisotopic (exact) mass is 293 g/mol. The van der Waals surface area contributed by atoms with Crippen LogP contribution in [0.1, 0.15) is 11.1 Å². The Kier molecular flexibility index (Phi) is 3.79. The molecule has 3 aromatic rings. The highest BCUT2D eigenvalue weighted by molar-refractivity contribution is 5.62. The fraction of sp³-hybridized carbons (Fsp3) is 0.0625. The minimum absolute atomic E-state index is 0.347. The second-order valence-electron chi connectivity index (χ2n) is 4.63. The van der Waals surface area contributed by atoms with Gasteiger partial charge in [0, 0.05) is 17.7 Å². The normalized spacial score (nSPS) is 10.2. The van der Waals surface area contributed by atoms with Gasteiger partial charge in [-0.05, 0) is 41.1 Å². The molecular weight excluding hydrogens is 281 g/mol. The maximum atomic E-state index is 13.9. The molecule has 0 saturated heterocycles. The third-order valence-electron chi connectivity index (χ3n) is 3.15. The Hall–Kier alpha value is -3.20. The molecule has 0 spiro atoms. The Morgan fingerprint density at radius 2 is 2.14 bits per heavy atom. The van der Waals surface area contributed by atoms with Crippen LogP contribution in [0.15, 0.2) is 42.5 Å². The van der Waals surface area contributed by atoms with Crippen molar-refractivity contribution in [2.75, 3.05) is 5.32 Å². The van der Waals surface area contributed by atoms with E-state index in [1.54, 1.807) is 12.1 Å². The standard InChI is InChI=1S/C16H12FN5/c1-2-11-4-3-5-12(8-11)10-18-15-9-13(6-7-14(15)17)16-19-21-22-20-16/h1,3-9,18H,10H2,(H,19,20,21,22). The lowest BCUT2D eigenvalue weighted by Crippen LogP contribution is -2.02. The third kappa shape index (κ3) is 2.94. The quantitative estimate of drug-likeness (QED) is 0.726. The first-order valence-electron chi connectivity index (χ1n) is 6.59. The van der Waals surface area contributed by atoms with E-state index in [9.17, 15) is 4.39 Å². The lowest BCUT2D eigenvalue weighted by molar-refractivity contribution is 0.630. The van der Waals surface area contributed by atoms with E-state index in [1.165, 1.54) is 6.07 Å². The first-order chi connectivity index (χ1) is 10.8. The summed E-state index contributed by atoms with van der Waals surface area (Å²) < 4.78 is 13.9. The fourth-order valence-corrected chi connectivity index (χ4v) is 2.05. The van der Waals surface area contributed by atoms with Gasteiger partial charge in [0.15, 0.2) is 0 Å². The summed E-state index contributed by atoms with van der Waals surface area (Å²) in [5.41, 5.74) is 2.81. The molecule has 2 aromatic carbocycles. The molecule has 0 fully saturated rings. The molecule has 1 aromatic heterocycles. The Balaban J connectivity index is 1.80. The van der Waals surface area contributed by atoms with Crippen LogP contribution in [-0.4, -0.2) is 20.6 Å². The molecule has 0 amide bonds. The van der Waals surface area contributed by atoms with Gasteiger partial charge in [-0.15, -0.1) is 16.6 Å². The molecule has 0 aliphatic carbocycles. The molecular formula is C16H12FN5. The lowest BCUT2D eigenvalue weighted by Gasteiger charge is -2.09. The van der Waals surface area contributed by atoms with E-state index < -0.39 is 0 Å². The van der Waals surface area contributed by atoms with Crippen LogP contribution in [0.5, 0.6) is 0 Å². The van der Waals surface area contributed by atoms with Gasteiger partial charge in [-0.1, -0.05) is 18.1 Å². The number of hydrogen-bond donors (Lipinski definition) is 2. The van der Waals surface area contributed by atoms with E-state index in [-0.39, 0.29) is 5.82 Å². The van der Waals surface area contributed by atoms with Crippen molar-refractivity contribution in [2.24, 2.45) is 0 Å². The van der Waals surface area contributed by atoms with Gasteiger partial charge >= 0.3 is 0 Å². The van der Waals surface area contributed by atoms with Crippen molar-refractivity contribution in [3.8, 4) is 23.7 Å². The second-order valence-corrected chi connectivity index (χ2v) is 4.63. The van der Waals surface area contributed by atoms with E-state index in [0.717, 1.165) is 11.1 Å². The second kappa shape index (κ2) is 6.06. The molecule has 0 bridgehead atoms. The largest absolute Gasteiger partial charge is 0.379 e.